The van der Waals surface area contributed by atoms with Crippen LogP contribution in [0.25, 0.3) is 0 Å². The van der Waals surface area contributed by atoms with Gasteiger partial charge in [0.2, 0.25) is 18.1 Å². The van der Waals surface area contributed by atoms with E-state index in [0.717, 1.165) is 0 Å². The third kappa shape index (κ3) is 10.7. The van der Waals surface area contributed by atoms with Crippen LogP contribution in [0.5, 0.6) is 0 Å². The molecule has 0 radical (unpaired) electrons. The van der Waals surface area contributed by atoms with Crippen molar-refractivity contribution < 1.29 is 4.12 Å². The molecule has 0 bridgehead atoms. The topological polar surface area (TPSA) is 9.23 Å². The van der Waals surface area contributed by atoms with E-state index in [1.165, 1.54) is 65.3 Å². The largest absolute Gasteiger partial charge is 0.446 e. The maximum Gasteiger partial charge on any atom is 0.229 e. The molecule has 4 aromatic carbocycles. The van der Waals surface area contributed by atoms with Crippen molar-refractivity contribution in [3.8, 4) is 0 Å². The SMILES string of the molecule is CC(C)(C)c1cccc([SiH](O[SiH](c2cccc(C(C)(C)C)c2C(C)(C)C)c2cccc(C(C)(C)C)c2C(C)(C)C)c2cccc(C(C)(C)C)c2C(C)(C)C)c1C(C)(C)C. The number of hydrogen-bond donors (Lipinski definition) is 0. The maximum absolute atomic E-state index is 8.69. The van der Waals surface area contributed by atoms with Gasteiger partial charge in [-0.15, -0.1) is 0 Å². The smallest absolute Gasteiger partial charge is 0.229 e. The third-order valence-corrected chi connectivity index (χ3v) is 18.4. The van der Waals surface area contributed by atoms with Crippen LogP contribution in [0.4, 0.5) is 0 Å². The summed E-state index contributed by atoms with van der Waals surface area (Å²) in [6, 6.07) is 28.9. The average Bonchev–Trinajstić information content (AvgIpc) is 3.04. The third-order valence-electron chi connectivity index (χ3n) is 12.0. The predicted octanol–water partition coefficient (Wildman–Crippen LogP) is 12.5. The zero-order valence-electron chi connectivity index (χ0n) is 42.5. The highest BCUT2D eigenvalue weighted by Crippen LogP contribution is 2.38. The summed E-state index contributed by atoms with van der Waals surface area (Å²) in [6.45, 7) is 57.7. The van der Waals surface area contributed by atoms with Crippen molar-refractivity contribution in [2.45, 2.75) is 209 Å². The molecule has 1 nitrogen and oxygen atoms in total. The van der Waals surface area contributed by atoms with Gasteiger partial charge in [-0.05, 0) is 109 Å². The highest BCUT2D eigenvalue weighted by Gasteiger charge is 2.42. The predicted molar refractivity (Wildman–Crippen MR) is 269 cm³/mol. The fourth-order valence-electron chi connectivity index (χ4n) is 9.77. The maximum atomic E-state index is 8.69. The monoisotopic (exact) mass is 831 g/mol. The minimum Gasteiger partial charge on any atom is -0.446 e. The highest BCUT2D eigenvalue weighted by molar-refractivity contribution is 6.92. The lowest BCUT2D eigenvalue weighted by atomic mass is 9.75. The second-order valence-electron chi connectivity index (χ2n) is 26.0. The van der Waals surface area contributed by atoms with Crippen molar-refractivity contribution >= 4 is 38.8 Å². The van der Waals surface area contributed by atoms with Crippen molar-refractivity contribution in [1.29, 1.82) is 0 Å². The molecular formula is C56H86OSi2. The minimum absolute atomic E-state index is 0.0323. The first-order valence-electron chi connectivity index (χ1n) is 22.6. The lowest BCUT2D eigenvalue weighted by Gasteiger charge is -2.40. The van der Waals surface area contributed by atoms with Gasteiger partial charge in [0.05, 0.1) is 0 Å². The van der Waals surface area contributed by atoms with E-state index in [4.69, 9.17) is 4.12 Å². The summed E-state index contributed by atoms with van der Waals surface area (Å²) in [5, 5.41) is 5.75. The van der Waals surface area contributed by atoms with E-state index in [-0.39, 0.29) is 43.3 Å². The molecule has 0 N–H and O–H groups in total. The van der Waals surface area contributed by atoms with E-state index in [2.05, 4.69) is 239 Å². The van der Waals surface area contributed by atoms with E-state index in [1.807, 2.05) is 0 Å². The van der Waals surface area contributed by atoms with Crippen LogP contribution in [-0.2, 0) is 47.4 Å². The van der Waals surface area contributed by atoms with Gasteiger partial charge in [-0.2, -0.15) is 0 Å². The Kier molecular flexibility index (Phi) is 13.4. The Labute approximate surface area is 368 Å². The Morgan fingerprint density at radius 3 is 0.559 bits per heavy atom. The lowest BCUT2D eigenvalue weighted by molar-refractivity contribution is 0.525. The molecular weight excluding hydrogens is 745 g/mol. The summed E-state index contributed by atoms with van der Waals surface area (Å²) < 4.78 is 8.69. The summed E-state index contributed by atoms with van der Waals surface area (Å²) in [7, 11) is -5.06. The van der Waals surface area contributed by atoms with Crippen LogP contribution >= 0.6 is 0 Å². The standard InChI is InChI=1S/C56H86OSi2/c1-49(2,3)37-29-25-33-41(45(37)53(13,14)15)58(42-34-26-30-38(50(4,5)6)46(42)54(16,17)18)57-59(43-35-27-31-39(51(7,8)9)47(43)55(19,20)21)44-36-28-32-40(52(10,11)12)48(44)56(22,23)24/h25-36,58-59H,1-24H3. The summed E-state index contributed by atoms with van der Waals surface area (Å²) >= 11 is 0. The molecule has 4 rings (SSSR count). The Bertz CT molecular complexity index is 1810. The highest BCUT2D eigenvalue weighted by atomic mass is 28.4. The first-order valence-corrected chi connectivity index (χ1v) is 25.9. The average molecular weight is 831 g/mol. The number of rotatable bonds is 6. The van der Waals surface area contributed by atoms with Crippen molar-refractivity contribution in [2.75, 3.05) is 0 Å². The van der Waals surface area contributed by atoms with E-state index in [9.17, 15) is 0 Å². The van der Waals surface area contributed by atoms with Gasteiger partial charge in [-0.1, -0.05) is 239 Å². The Morgan fingerprint density at radius 1 is 0.254 bits per heavy atom. The van der Waals surface area contributed by atoms with Crippen LogP contribution in [0.2, 0.25) is 0 Å². The van der Waals surface area contributed by atoms with Crippen LogP contribution in [0, 0.1) is 0 Å². The molecule has 0 amide bonds. The molecule has 0 spiro atoms. The fourth-order valence-corrected chi connectivity index (χ4v) is 18.4. The zero-order valence-corrected chi connectivity index (χ0v) is 44.8. The first kappa shape index (κ1) is 48.9. The van der Waals surface area contributed by atoms with Crippen molar-refractivity contribution in [3.05, 3.63) is 117 Å². The van der Waals surface area contributed by atoms with Gasteiger partial charge in [-0.3, -0.25) is 0 Å². The van der Waals surface area contributed by atoms with Gasteiger partial charge in [0.15, 0.2) is 0 Å². The van der Waals surface area contributed by atoms with Crippen LogP contribution in [0.1, 0.15) is 211 Å². The lowest BCUT2D eigenvalue weighted by Crippen LogP contribution is -2.61. The van der Waals surface area contributed by atoms with Crippen LogP contribution < -0.4 is 20.7 Å². The molecule has 0 fully saturated rings. The van der Waals surface area contributed by atoms with Crippen LogP contribution in [-0.4, -0.2) is 18.1 Å². The minimum atomic E-state index is -2.53. The summed E-state index contributed by atoms with van der Waals surface area (Å²) in [6.07, 6.45) is 0. The van der Waals surface area contributed by atoms with Crippen LogP contribution in [0.3, 0.4) is 0 Å². The molecule has 0 saturated carbocycles. The van der Waals surface area contributed by atoms with Gasteiger partial charge >= 0.3 is 0 Å². The number of hydrogen-bond acceptors (Lipinski definition) is 1. The van der Waals surface area contributed by atoms with Gasteiger partial charge < -0.3 is 4.12 Å². The second-order valence-corrected chi connectivity index (χ2v) is 31.1. The number of benzene rings is 4. The quantitative estimate of drug-likeness (QED) is 0.176. The molecule has 0 unspecified atom stereocenters. The van der Waals surface area contributed by atoms with E-state index in [1.54, 1.807) is 0 Å². The molecule has 0 aromatic heterocycles. The molecule has 0 atom stereocenters. The van der Waals surface area contributed by atoms with Crippen molar-refractivity contribution in [3.63, 3.8) is 0 Å². The normalized spacial score (nSPS) is 14.1. The van der Waals surface area contributed by atoms with Crippen molar-refractivity contribution in [1.82, 2.24) is 0 Å². The first-order chi connectivity index (χ1) is 26.4. The summed E-state index contributed by atoms with van der Waals surface area (Å²) in [4.78, 5) is 0. The Hall–Kier alpha value is -2.73. The van der Waals surface area contributed by atoms with Gasteiger partial charge in [-0.25, -0.2) is 0 Å². The van der Waals surface area contributed by atoms with Crippen LogP contribution in [0.15, 0.2) is 72.8 Å². The molecule has 59 heavy (non-hydrogen) atoms. The van der Waals surface area contributed by atoms with E-state index in [0.29, 0.717) is 0 Å². The molecule has 0 saturated heterocycles. The van der Waals surface area contributed by atoms with Gasteiger partial charge in [0, 0.05) is 0 Å². The summed E-state index contributed by atoms with van der Waals surface area (Å²) in [5.41, 5.74) is 11.1. The molecule has 0 heterocycles. The Balaban J connectivity index is 2.41. The molecule has 4 aromatic rings. The van der Waals surface area contributed by atoms with E-state index >= 15 is 0 Å². The fraction of sp³-hybridized carbons (Fsp3) is 0.571. The molecule has 0 aliphatic heterocycles. The van der Waals surface area contributed by atoms with Gasteiger partial charge in [0.1, 0.15) is 0 Å². The molecule has 0 aliphatic rings. The zero-order chi connectivity index (χ0) is 45.3. The van der Waals surface area contributed by atoms with Crippen molar-refractivity contribution in [2.24, 2.45) is 0 Å². The van der Waals surface area contributed by atoms with E-state index < -0.39 is 18.1 Å². The molecule has 324 valence electrons. The van der Waals surface area contributed by atoms with Gasteiger partial charge in [0.25, 0.3) is 0 Å². The second kappa shape index (κ2) is 16.2. The summed E-state index contributed by atoms with van der Waals surface area (Å²) in [5.74, 6) is 0. The molecule has 0 aliphatic carbocycles. The molecule has 3 heteroatoms. The Morgan fingerprint density at radius 2 is 0.424 bits per heavy atom.